The van der Waals surface area contributed by atoms with E-state index >= 15 is 0 Å². The molecule has 19 heavy (non-hydrogen) atoms. The van der Waals surface area contributed by atoms with E-state index in [4.69, 9.17) is 4.74 Å². The monoisotopic (exact) mass is 254 g/mol. The van der Waals surface area contributed by atoms with E-state index in [1.54, 1.807) is 0 Å². The lowest BCUT2D eigenvalue weighted by atomic mass is 9.98. The fraction of sp³-hybridized carbons (Fsp3) is 0.235. The van der Waals surface area contributed by atoms with Gasteiger partial charge < -0.3 is 4.74 Å². The number of carbonyl (C=O) groups is 1. The minimum atomic E-state index is 0.701. The Labute approximate surface area is 114 Å². The molecule has 0 saturated heterocycles. The van der Waals surface area contributed by atoms with Gasteiger partial charge in [-0.3, -0.25) is 4.79 Å². The average molecular weight is 254 g/mol. The van der Waals surface area contributed by atoms with Crippen molar-refractivity contribution < 1.29 is 9.53 Å². The Morgan fingerprint density at radius 3 is 2.47 bits per heavy atom. The van der Waals surface area contributed by atoms with Gasteiger partial charge in [-0.1, -0.05) is 31.2 Å². The zero-order valence-electron chi connectivity index (χ0n) is 11.3. The Balaban J connectivity index is 2.28. The molecule has 2 rings (SSSR count). The van der Waals surface area contributed by atoms with Crippen molar-refractivity contribution in [2.45, 2.75) is 20.3 Å². The van der Waals surface area contributed by atoms with Crippen molar-refractivity contribution in [3.8, 4) is 16.9 Å². The van der Waals surface area contributed by atoms with E-state index in [1.807, 2.05) is 49.4 Å². The van der Waals surface area contributed by atoms with E-state index in [1.165, 1.54) is 0 Å². The van der Waals surface area contributed by atoms with Gasteiger partial charge in [0.05, 0.1) is 6.61 Å². The molecule has 0 saturated carbocycles. The van der Waals surface area contributed by atoms with E-state index in [-0.39, 0.29) is 0 Å². The zero-order chi connectivity index (χ0) is 13.7. The molecular formula is C17H18O2. The highest BCUT2D eigenvalue weighted by Gasteiger charge is 2.04. The Bertz CT molecular complexity index is 556. The molecule has 0 bridgehead atoms. The van der Waals surface area contributed by atoms with Gasteiger partial charge in [0.15, 0.2) is 0 Å². The van der Waals surface area contributed by atoms with E-state index < -0.39 is 0 Å². The Morgan fingerprint density at radius 2 is 1.84 bits per heavy atom. The summed E-state index contributed by atoms with van der Waals surface area (Å²) >= 11 is 0. The summed E-state index contributed by atoms with van der Waals surface area (Å²) in [6.45, 7) is 4.87. The molecule has 0 aliphatic heterocycles. The maximum atomic E-state index is 10.9. The number of aryl methyl sites for hydroxylation is 1. The van der Waals surface area contributed by atoms with Crippen LogP contribution in [0.5, 0.6) is 5.75 Å². The molecule has 0 radical (unpaired) electrons. The number of aldehydes is 1. The van der Waals surface area contributed by atoms with E-state index in [9.17, 15) is 4.79 Å². The number of carbonyl (C=O) groups excluding carboxylic acids is 1. The largest absolute Gasteiger partial charge is 0.494 e. The first-order chi connectivity index (χ1) is 9.24. The van der Waals surface area contributed by atoms with Crippen LogP contribution in [0.1, 0.15) is 29.3 Å². The zero-order valence-corrected chi connectivity index (χ0v) is 11.3. The third-order valence-corrected chi connectivity index (χ3v) is 3.04. The van der Waals surface area contributed by atoms with Crippen LogP contribution in [-0.2, 0) is 0 Å². The van der Waals surface area contributed by atoms with Gasteiger partial charge in [-0.2, -0.15) is 0 Å². The van der Waals surface area contributed by atoms with Crippen LogP contribution in [0.3, 0.4) is 0 Å². The summed E-state index contributed by atoms with van der Waals surface area (Å²) < 4.78 is 5.56. The number of hydrogen-bond donors (Lipinski definition) is 0. The number of ether oxygens (including phenoxy) is 1. The van der Waals surface area contributed by atoms with Crippen LogP contribution in [0.2, 0.25) is 0 Å². The van der Waals surface area contributed by atoms with Crippen molar-refractivity contribution in [2.75, 3.05) is 6.61 Å². The molecule has 2 nitrogen and oxygen atoms in total. The molecular weight excluding hydrogens is 236 g/mol. The Hall–Kier alpha value is -2.09. The molecule has 0 atom stereocenters. The van der Waals surface area contributed by atoms with Crippen LogP contribution < -0.4 is 4.74 Å². The van der Waals surface area contributed by atoms with Gasteiger partial charge >= 0.3 is 0 Å². The predicted octanol–water partition coefficient (Wildman–Crippen LogP) is 4.26. The molecule has 0 aromatic heterocycles. The van der Waals surface area contributed by atoms with Crippen molar-refractivity contribution in [1.29, 1.82) is 0 Å². The SMILES string of the molecule is CCCOc1ccc(-c2cc(C=O)ccc2C)cc1. The second-order valence-corrected chi connectivity index (χ2v) is 4.57. The predicted molar refractivity (Wildman–Crippen MR) is 77.8 cm³/mol. The summed E-state index contributed by atoms with van der Waals surface area (Å²) in [5, 5.41) is 0. The molecule has 2 heteroatoms. The van der Waals surface area contributed by atoms with Crippen molar-refractivity contribution in [2.24, 2.45) is 0 Å². The van der Waals surface area contributed by atoms with Crippen molar-refractivity contribution in [3.05, 3.63) is 53.6 Å². The van der Waals surface area contributed by atoms with Crippen molar-refractivity contribution in [3.63, 3.8) is 0 Å². The standard InChI is InChI=1S/C17H18O2/c1-3-10-19-16-8-6-15(7-9-16)17-11-14(12-18)5-4-13(17)2/h4-9,11-12H,3,10H2,1-2H3. The van der Waals surface area contributed by atoms with Crippen molar-refractivity contribution >= 4 is 6.29 Å². The molecule has 0 N–H and O–H groups in total. The summed E-state index contributed by atoms with van der Waals surface area (Å²) in [6.07, 6.45) is 1.88. The summed E-state index contributed by atoms with van der Waals surface area (Å²) in [5.41, 5.74) is 4.05. The van der Waals surface area contributed by atoms with Crippen LogP contribution in [0.15, 0.2) is 42.5 Å². The fourth-order valence-electron chi connectivity index (χ4n) is 1.97. The van der Waals surface area contributed by atoms with Crippen LogP contribution in [-0.4, -0.2) is 12.9 Å². The first-order valence-electron chi connectivity index (χ1n) is 6.53. The van der Waals surface area contributed by atoms with Gasteiger partial charge in [0.25, 0.3) is 0 Å². The number of hydrogen-bond acceptors (Lipinski definition) is 2. The van der Waals surface area contributed by atoms with Gasteiger partial charge in [-0.05, 0) is 48.2 Å². The first kappa shape index (κ1) is 13.3. The molecule has 0 aliphatic carbocycles. The van der Waals surface area contributed by atoms with E-state index in [0.29, 0.717) is 5.56 Å². The Morgan fingerprint density at radius 1 is 1.11 bits per heavy atom. The maximum Gasteiger partial charge on any atom is 0.150 e. The molecule has 98 valence electrons. The molecule has 0 heterocycles. The maximum absolute atomic E-state index is 10.9. The first-order valence-corrected chi connectivity index (χ1v) is 6.53. The van der Waals surface area contributed by atoms with Crippen molar-refractivity contribution in [1.82, 2.24) is 0 Å². The molecule has 0 amide bonds. The lowest BCUT2D eigenvalue weighted by molar-refractivity contribution is 0.112. The minimum absolute atomic E-state index is 0.701. The number of rotatable bonds is 5. The molecule has 0 unspecified atom stereocenters. The second kappa shape index (κ2) is 6.19. The second-order valence-electron chi connectivity index (χ2n) is 4.57. The quantitative estimate of drug-likeness (QED) is 0.745. The third-order valence-electron chi connectivity index (χ3n) is 3.04. The van der Waals surface area contributed by atoms with Gasteiger partial charge in [-0.25, -0.2) is 0 Å². The summed E-state index contributed by atoms with van der Waals surface area (Å²) in [7, 11) is 0. The van der Waals surface area contributed by atoms with Crippen LogP contribution in [0.4, 0.5) is 0 Å². The molecule has 2 aromatic carbocycles. The van der Waals surface area contributed by atoms with E-state index in [2.05, 4.69) is 6.92 Å². The minimum Gasteiger partial charge on any atom is -0.494 e. The normalized spacial score (nSPS) is 10.2. The topological polar surface area (TPSA) is 26.3 Å². The molecule has 0 aliphatic rings. The highest BCUT2D eigenvalue weighted by atomic mass is 16.5. The van der Waals surface area contributed by atoms with Gasteiger partial charge in [0.1, 0.15) is 12.0 Å². The fourth-order valence-corrected chi connectivity index (χ4v) is 1.97. The Kier molecular flexibility index (Phi) is 4.35. The van der Waals surface area contributed by atoms with Crippen LogP contribution in [0.25, 0.3) is 11.1 Å². The van der Waals surface area contributed by atoms with Gasteiger partial charge in [0, 0.05) is 5.56 Å². The van der Waals surface area contributed by atoms with Gasteiger partial charge in [0.2, 0.25) is 0 Å². The summed E-state index contributed by atoms with van der Waals surface area (Å²) in [4.78, 5) is 10.9. The number of benzene rings is 2. The third kappa shape index (κ3) is 3.22. The van der Waals surface area contributed by atoms with Crippen LogP contribution >= 0.6 is 0 Å². The van der Waals surface area contributed by atoms with E-state index in [0.717, 1.165) is 41.8 Å². The molecule has 2 aromatic rings. The lowest BCUT2D eigenvalue weighted by Crippen LogP contribution is -1.94. The lowest BCUT2D eigenvalue weighted by Gasteiger charge is -2.09. The molecule has 0 fully saturated rings. The van der Waals surface area contributed by atoms with Crippen LogP contribution in [0, 0.1) is 6.92 Å². The average Bonchev–Trinajstić information content (AvgIpc) is 2.46. The smallest absolute Gasteiger partial charge is 0.150 e. The van der Waals surface area contributed by atoms with Gasteiger partial charge in [-0.15, -0.1) is 0 Å². The summed E-state index contributed by atoms with van der Waals surface area (Å²) in [5.74, 6) is 0.884. The highest BCUT2D eigenvalue weighted by molar-refractivity contribution is 5.80. The highest BCUT2D eigenvalue weighted by Crippen LogP contribution is 2.26. The molecule has 0 spiro atoms. The summed E-state index contributed by atoms with van der Waals surface area (Å²) in [6, 6.07) is 13.7.